The highest BCUT2D eigenvalue weighted by molar-refractivity contribution is 5.46. The van der Waals surface area contributed by atoms with Gasteiger partial charge in [-0.2, -0.15) is 0 Å². The molecule has 0 saturated carbocycles. The molecule has 3 heterocycles. The number of rotatable bonds is 2. The van der Waals surface area contributed by atoms with Gasteiger partial charge in [-0.1, -0.05) is 6.42 Å². The Hall–Kier alpha value is -1.13. The molecular formula is C16H25N3O. The van der Waals surface area contributed by atoms with Crippen molar-refractivity contribution in [3.05, 3.63) is 24.0 Å². The number of aromatic nitrogens is 1. The number of aliphatic hydroxyl groups is 1. The summed E-state index contributed by atoms with van der Waals surface area (Å²) in [5.74, 6) is 0. The summed E-state index contributed by atoms with van der Waals surface area (Å²) >= 11 is 0. The van der Waals surface area contributed by atoms with Crippen molar-refractivity contribution in [2.45, 2.75) is 51.3 Å². The molecular weight excluding hydrogens is 250 g/mol. The fourth-order valence-electron chi connectivity index (χ4n) is 3.53. The Labute approximate surface area is 121 Å². The van der Waals surface area contributed by atoms with Crippen molar-refractivity contribution in [2.24, 2.45) is 0 Å². The van der Waals surface area contributed by atoms with Crippen molar-refractivity contribution in [3.8, 4) is 0 Å². The van der Waals surface area contributed by atoms with Gasteiger partial charge in [-0.3, -0.25) is 9.88 Å². The van der Waals surface area contributed by atoms with E-state index >= 15 is 0 Å². The standard InChI is InChI=1S/C16H25N3O/c1-12-10-18-8-4-3-5-15(18)11-19(12)14-6-7-16(13(2)20)17-9-14/h6-7,9,12-13,15,20H,3-5,8,10-11H2,1-2H3/t12?,13-,15?/m0/s1. The number of fused-ring (bicyclic) bond motifs is 1. The Morgan fingerprint density at radius 3 is 2.85 bits per heavy atom. The molecule has 1 N–H and O–H groups in total. The van der Waals surface area contributed by atoms with Crippen LogP contribution < -0.4 is 4.90 Å². The zero-order valence-electron chi connectivity index (χ0n) is 12.5. The van der Waals surface area contributed by atoms with Crippen LogP contribution in [0.15, 0.2) is 18.3 Å². The minimum Gasteiger partial charge on any atom is -0.387 e. The van der Waals surface area contributed by atoms with Crippen molar-refractivity contribution < 1.29 is 5.11 Å². The largest absolute Gasteiger partial charge is 0.387 e. The summed E-state index contributed by atoms with van der Waals surface area (Å²) < 4.78 is 0. The van der Waals surface area contributed by atoms with E-state index in [2.05, 4.69) is 27.8 Å². The smallest absolute Gasteiger partial charge is 0.0931 e. The van der Waals surface area contributed by atoms with E-state index in [0.29, 0.717) is 12.1 Å². The second-order valence-electron chi connectivity index (χ2n) is 6.26. The van der Waals surface area contributed by atoms with Gasteiger partial charge in [-0.15, -0.1) is 0 Å². The van der Waals surface area contributed by atoms with E-state index < -0.39 is 6.10 Å². The molecule has 0 spiro atoms. The first-order valence-electron chi connectivity index (χ1n) is 7.80. The molecule has 4 nitrogen and oxygen atoms in total. The Kier molecular flexibility index (Phi) is 3.94. The molecule has 2 saturated heterocycles. The van der Waals surface area contributed by atoms with E-state index in [9.17, 15) is 5.11 Å². The number of anilines is 1. The maximum absolute atomic E-state index is 9.55. The Bertz CT molecular complexity index is 446. The lowest BCUT2D eigenvalue weighted by Gasteiger charge is -2.48. The third-order valence-corrected chi connectivity index (χ3v) is 4.72. The molecule has 3 atom stereocenters. The predicted octanol–water partition coefficient (Wildman–Crippen LogP) is 2.20. The molecule has 20 heavy (non-hydrogen) atoms. The minimum absolute atomic E-state index is 0.489. The summed E-state index contributed by atoms with van der Waals surface area (Å²) in [5, 5.41) is 9.55. The Morgan fingerprint density at radius 2 is 2.15 bits per heavy atom. The van der Waals surface area contributed by atoms with Crippen LogP contribution in [0.2, 0.25) is 0 Å². The van der Waals surface area contributed by atoms with Crippen LogP contribution in [0.3, 0.4) is 0 Å². The fourth-order valence-corrected chi connectivity index (χ4v) is 3.53. The minimum atomic E-state index is -0.489. The van der Waals surface area contributed by atoms with Crippen LogP contribution in [0.25, 0.3) is 0 Å². The Morgan fingerprint density at radius 1 is 1.30 bits per heavy atom. The van der Waals surface area contributed by atoms with Crippen molar-refractivity contribution in [1.29, 1.82) is 0 Å². The third-order valence-electron chi connectivity index (χ3n) is 4.72. The van der Waals surface area contributed by atoms with Gasteiger partial charge in [0.1, 0.15) is 0 Å². The predicted molar refractivity (Wildman–Crippen MR) is 80.9 cm³/mol. The summed E-state index contributed by atoms with van der Waals surface area (Å²) in [6, 6.07) is 5.28. The van der Waals surface area contributed by atoms with E-state index in [0.717, 1.165) is 18.8 Å². The average molecular weight is 275 g/mol. The molecule has 0 aliphatic carbocycles. The van der Waals surface area contributed by atoms with E-state index in [-0.39, 0.29) is 0 Å². The van der Waals surface area contributed by atoms with E-state index in [4.69, 9.17) is 0 Å². The van der Waals surface area contributed by atoms with Gasteiger partial charge in [0.15, 0.2) is 0 Å². The van der Waals surface area contributed by atoms with Gasteiger partial charge in [-0.05, 0) is 45.4 Å². The topological polar surface area (TPSA) is 39.6 Å². The third kappa shape index (κ3) is 2.67. The van der Waals surface area contributed by atoms with Gasteiger partial charge in [0.25, 0.3) is 0 Å². The number of nitrogens with zero attached hydrogens (tertiary/aromatic N) is 3. The number of piperazine rings is 1. The maximum Gasteiger partial charge on any atom is 0.0931 e. The first-order chi connectivity index (χ1) is 9.65. The molecule has 1 aromatic heterocycles. The summed E-state index contributed by atoms with van der Waals surface area (Å²) in [4.78, 5) is 9.52. The molecule has 1 aromatic rings. The van der Waals surface area contributed by atoms with E-state index in [1.54, 1.807) is 6.92 Å². The molecule has 2 unspecified atom stereocenters. The lowest BCUT2D eigenvalue weighted by atomic mass is 9.97. The van der Waals surface area contributed by atoms with Crippen LogP contribution in [0.1, 0.15) is 44.9 Å². The number of pyridine rings is 1. The fraction of sp³-hybridized carbons (Fsp3) is 0.688. The number of aliphatic hydroxyl groups excluding tert-OH is 1. The van der Waals surface area contributed by atoms with Gasteiger partial charge in [0.05, 0.1) is 23.7 Å². The molecule has 0 bridgehead atoms. The van der Waals surface area contributed by atoms with Gasteiger partial charge < -0.3 is 10.0 Å². The highest BCUT2D eigenvalue weighted by Gasteiger charge is 2.33. The molecule has 3 rings (SSSR count). The highest BCUT2D eigenvalue weighted by Crippen LogP contribution is 2.28. The lowest BCUT2D eigenvalue weighted by molar-refractivity contribution is 0.115. The number of piperidine rings is 1. The van der Waals surface area contributed by atoms with Gasteiger partial charge in [-0.25, -0.2) is 0 Å². The summed E-state index contributed by atoms with van der Waals surface area (Å²) in [5.41, 5.74) is 1.94. The SMILES string of the molecule is CC1CN2CCCCC2CN1c1ccc([C@H](C)O)nc1. The summed E-state index contributed by atoms with van der Waals surface area (Å²) in [7, 11) is 0. The van der Waals surface area contributed by atoms with Crippen LogP contribution >= 0.6 is 0 Å². The van der Waals surface area contributed by atoms with Crippen LogP contribution in [0.4, 0.5) is 5.69 Å². The summed E-state index contributed by atoms with van der Waals surface area (Å²) in [6.45, 7) is 7.58. The molecule has 4 heteroatoms. The highest BCUT2D eigenvalue weighted by atomic mass is 16.3. The van der Waals surface area contributed by atoms with E-state index in [1.807, 2.05) is 12.3 Å². The molecule has 2 fully saturated rings. The maximum atomic E-state index is 9.55. The van der Waals surface area contributed by atoms with Gasteiger partial charge in [0, 0.05) is 25.2 Å². The zero-order chi connectivity index (χ0) is 14.1. The molecule has 2 aliphatic heterocycles. The van der Waals surface area contributed by atoms with Crippen molar-refractivity contribution >= 4 is 5.69 Å². The lowest BCUT2D eigenvalue weighted by Crippen LogP contribution is -2.58. The number of hydrogen-bond acceptors (Lipinski definition) is 4. The van der Waals surface area contributed by atoms with Crippen LogP contribution in [0.5, 0.6) is 0 Å². The average Bonchev–Trinajstić information content (AvgIpc) is 2.46. The first-order valence-corrected chi connectivity index (χ1v) is 7.80. The van der Waals surface area contributed by atoms with Gasteiger partial charge in [0.2, 0.25) is 0 Å². The second kappa shape index (κ2) is 5.70. The van der Waals surface area contributed by atoms with Crippen LogP contribution in [-0.2, 0) is 0 Å². The summed E-state index contributed by atoms with van der Waals surface area (Å²) in [6.07, 6.45) is 5.47. The Balaban J connectivity index is 1.75. The molecule has 110 valence electrons. The first kappa shape index (κ1) is 13.8. The van der Waals surface area contributed by atoms with E-state index in [1.165, 1.54) is 31.5 Å². The second-order valence-corrected chi connectivity index (χ2v) is 6.26. The van der Waals surface area contributed by atoms with Gasteiger partial charge >= 0.3 is 0 Å². The number of hydrogen-bond donors (Lipinski definition) is 1. The monoisotopic (exact) mass is 275 g/mol. The normalized spacial score (nSPS) is 29.1. The molecule has 0 radical (unpaired) electrons. The zero-order valence-corrected chi connectivity index (χ0v) is 12.5. The molecule has 2 aliphatic rings. The molecule has 0 amide bonds. The quantitative estimate of drug-likeness (QED) is 0.898. The van der Waals surface area contributed by atoms with Crippen molar-refractivity contribution in [2.75, 3.05) is 24.5 Å². The van der Waals surface area contributed by atoms with Crippen LogP contribution in [0, 0.1) is 0 Å². The van der Waals surface area contributed by atoms with Crippen molar-refractivity contribution in [3.63, 3.8) is 0 Å². The van der Waals surface area contributed by atoms with Crippen molar-refractivity contribution in [1.82, 2.24) is 9.88 Å². The molecule has 0 aromatic carbocycles. The van der Waals surface area contributed by atoms with Crippen LogP contribution in [-0.4, -0.2) is 46.7 Å².